The lowest BCUT2D eigenvalue weighted by molar-refractivity contribution is 0.107. The number of pyridine rings is 1. The largest absolute Gasteiger partial charge is 0.475 e. The van der Waals surface area contributed by atoms with Gasteiger partial charge in [0.15, 0.2) is 5.82 Å². The SMILES string of the molecule is Fc1c(-c2cccc3cccc(F)c23)nc2c3c(nc(OC[C@@]45CCCN4C[C@H](F)C5)nc13)N1C[C@@H]3CC[C@@H](N3)C1CO2. The predicted octanol–water partition coefficient (Wildman–Crippen LogP) is 4.78. The van der Waals surface area contributed by atoms with Crippen molar-refractivity contribution in [3.63, 3.8) is 0 Å². The fourth-order valence-corrected chi connectivity index (χ4v) is 8.30. The number of halogens is 3. The summed E-state index contributed by atoms with van der Waals surface area (Å²) < 4.78 is 59.0. The summed E-state index contributed by atoms with van der Waals surface area (Å²) in [7, 11) is 0. The molecule has 5 aliphatic heterocycles. The Balaban J connectivity index is 1.22. The van der Waals surface area contributed by atoms with Crippen LogP contribution in [0.2, 0.25) is 0 Å². The standard InChI is InChI=1S/C32H31F3N6O2/c33-18-12-32(10-3-11-40(32)13-18)16-43-31-38-28-25-29(39-31)41-14-19-8-9-22(36-19)23(41)15-42-30(25)37-27(26(28)35)20-6-1-4-17-5-2-7-21(34)24(17)20/h1-2,4-7,18-19,22-23,36H,3,8-16H2/t18-,19+,22-,23?,32+/m1/s1. The van der Waals surface area contributed by atoms with Gasteiger partial charge in [-0.3, -0.25) is 4.90 Å². The molecule has 2 bridgehead atoms. The number of alkyl halides is 1. The van der Waals surface area contributed by atoms with Gasteiger partial charge >= 0.3 is 6.01 Å². The molecule has 1 unspecified atom stereocenters. The molecular formula is C32H31F3N6O2. The molecule has 8 nitrogen and oxygen atoms in total. The normalized spacial score (nSPS) is 29.5. The number of nitrogens with zero attached hydrogens (tertiary/aromatic N) is 5. The summed E-state index contributed by atoms with van der Waals surface area (Å²) in [4.78, 5) is 18.5. The monoisotopic (exact) mass is 588 g/mol. The Bertz CT molecular complexity index is 1780. The first-order valence-electron chi connectivity index (χ1n) is 15.2. The van der Waals surface area contributed by atoms with Crippen molar-refractivity contribution >= 4 is 27.5 Å². The van der Waals surface area contributed by atoms with Crippen LogP contribution in [0.15, 0.2) is 36.4 Å². The molecule has 5 aliphatic rings. The molecule has 0 aliphatic carbocycles. The second-order valence-electron chi connectivity index (χ2n) is 12.7. The smallest absolute Gasteiger partial charge is 0.319 e. The van der Waals surface area contributed by atoms with Crippen LogP contribution >= 0.6 is 0 Å². The second-order valence-corrected chi connectivity index (χ2v) is 12.7. The molecule has 11 heteroatoms. The Morgan fingerprint density at radius 3 is 2.84 bits per heavy atom. The fourth-order valence-electron chi connectivity index (χ4n) is 8.30. The van der Waals surface area contributed by atoms with Gasteiger partial charge < -0.3 is 19.7 Å². The van der Waals surface area contributed by atoms with E-state index < -0.39 is 23.3 Å². The second kappa shape index (κ2) is 9.40. The molecular weight excluding hydrogens is 557 g/mol. The van der Waals surface area contributed by atoms with Gasteiger partial charge in [-0.25, -0.2) is 18.2 Å². The van der Waals surface area contributed by atoms with E-state index in [1.54, 1.807) is 30.3 Å². The van der Waals surface area contributed by atoms with E-state index in [0.717, 1.165) is 32.2 Å². The van der Waals surface area contributed by atoms with E-state index in [-0.39, 0.29) is 47.2 Å². The fraction of sp³-hybridized carbons (Fsp3) is 0.469. The maximum atomic E-state index is 16.8. The van der Waals surface area contributed by atoms with Crippen LogP contribution in [0.5, 0.6) is 11.9 Å². The molecule has 4 fully saturated rings. The number of anilines is 1. The number of piperazine rings is 1. The number of fused-ring (bicyclic) bond motifs is 7. The molecule has 0 saturated carbocycles. The molecule has 0 spiro atoms. The van der Waals surface area contributed by atoms with Crippen molar-refractivity contribution in [2.45, 2.75) is 61.9 Å². The third-order valence-electron chi connectivity index (χ3n) is 10.3. The van der Waals surface area contributed by atoms with Crippen LogP contribution in [-0.4, -0.2) is 82.5 Å². The first-order valence-corrected chi connectivity index (χ1v) is 15.2. The number of rotatable bonds is 4. The molecule has 222 valence electrons. The summed E-state index contributed by atoms with van der Waals surface area (Å²) in [6.45, 7) is 2.50. The Morgan fingerprint density at radius 2 is 1.93 bits per heavy atom. The van der Waals surface area contributed by atoms with E-state index in [4.69, 9.17) is 14.5 Å². The van der Waals surface area contributed by atoms with Gasteiger partial charge in [0.25, 0.3) is 0 Å². The summed E-state index contributed by atoms with van der Waals surface area (Å²) in [5, 5.41) is 5.00. The van der Waals surface area contributed by atoms with Gasteiger partial charge in [-0.15, -0.1) is 0 Å². The molecule has 5 atom stereocenters. The first-order chi connectivity index (χ1) is 21.0. The van der Waals surface area contributed by atoms with Crippen LogP contribution in [0.4, 0.5) is 19.0 Å². The van der Waals surface area contributed by atoms with E-state index in [1.807, 2.05) is 0 Å². The molecule has 2 aromatic carbocycles. The number of nitrogens with one attached hydrogen (secondary N) is 1. The van der Waals surface area contributed by atoms with Gasteiger partial charge in [-0.05, 0) is 43.7 Å². The zero-order valence-corrected chi connectivity index (χ0v) is 23.5. The van der Waals surface area contributed by atoms with Crippen molar-refractivity contribution in [3.8, 4) is 23.1 Å². The molecule has 43 heavy (non-hydrogen) atoms. The lowest BCUT2D eigenvalue weighted by Gasteiger charge is -2.40. The molecule has 0 radical (unpaired) electrons. The minimum Gasteiger partial charge on any atom is -0.475 e. The molecule has 9 rings (SSSR count). The molecule has 4 aromatic rings. The summed E-state index contributed by atoms with van der Waals surface area (Å²) >= 11 is 0. The van der Waals surface area contributed by atoms with E-state index in [1.165, 1.54) is 6.07 Å². The number of ether oxygens (including phenoxy) is 2. The summed E-state index contributed by atoms with van der Waals surface area (Å²) in [5.41, 5.74) is -0.0971. The number of hydrogen-bond acceptors (Lipinski definition) is 8. The van der Waals surface area contributed by atoms with Crippen LogP contribution in [0, 0.1) is 11.6 Å². The van der Waals surface area contributed by atoms with E-state index >= 15 is 8.78 Å². The Hall–Kier alpha value is -3.70. The minimum absolute atomic E-state index is 0.0236. The summed E-state index contributed by atoms with van der Waals surface area (Å²) in [5.74, 6) is -0.388. The van der Waals surface area contributed by atoms with E-state index in [2.05, 4.69) is 25.1 Å². The average molecular weight is 589 g/mol. The highest BCUT2D eigenvalue weighted by Gasteiger charge is 2.50. The highest BCUT2D eigenvalue weighted by Crippen LogP contribution is 2.45. The van der Waals surface area contributed by atoms with E-state index in [0.29, 0.717) is 54.3 Å². The number of aromatic nitrogens is 3. The molecule has 4 saturated heterocycles. The minimum atomic E-state index is -0.893. The Morgan fingerprint density at radius 1 is 1.05 bits per heavy atom. The summed E-state index contributed by atoms with van der Waals surface area (Å²) in [6.07, 6.45) is 3.39. The Labute approximate surface area is 246 Å². The van der Waals surface area contributed by atoms with Crippen molar-refractivity contribution in [1.82, 2.24) is 25.2 Å². The van der Waals surface area contributed by atoms with Crippen LogP contribution in [-0.2, 0) is 0 Å². The van der Waals surface area contributed by atoms with Gasteiger partial charge in [-0.2, -0.15) is 9.97 Å². The van der Waals surface area contributed by atoms with Crippen molar-refractivity contribution < 1.29 is 22.6 Å². The van der Waals surface area contributed by atoms with Gasteiger partial charge in [0, 0.05) is 42.5 Å². The van der Waals surface area contributed by atoms with E-state index in [9.17, 15) is 4.39 Å². The third-order valence-corrected chi connectivity index (χ3v) is 10.3. The maximum absolute atomic E-state index is 16.8. The summed E-state index contributed by atoms with van der Waals surface area (Å²) in [6, 6.07) is 10.5. The topological polar surface area (TPSA) is 75.6 Å². The van der Waals surface area contributed by atoms with Gasteiger partial charge in [-0.1, -0.05) is 30.3 Å². The Kier molecular flexibility index (Phi) is 5.63. The predicted molar refractivity (Wildman–Crippen MR) is 155 cm³/mol. The van der Waals surface area contributed by atoms with Crippen LogP contribution in [0.25, 0.3) is 32.9 Å². The van der Waals surface area contributed by atoms with Gasteiger partial charge in [0.2, 0.25) is 5.88 Å². The number of benzene rings is 2. The third kappa shape index (κ3) is 3.86. The van der Waals surface area contributed by atoms with Crippen LogP contribution in [0.3, 0.4) is 0 Å². The van der Waals surface area contributed by atoms with Crippen LogP contribution in [0.1, 0.15) is 32.1 Å². The van der Waals surface area contributed by atoms with Crippen molar-refractivity contribution in [2.24, 2.45) is 0 Å². The van der Waals surface area contributed by atoms with Crippen molar-refractivity contribution in [3.05, 3.63) is 48.0 Å². The highest BCUT2D eigenvalue weighted by atomic mass is 19.1. The van der Waals surface area contributed by atoms with Gasteiger partial charge in [0.05, 0.1) is 11.6 Å². The molecule has 1 N–H and O–H groups in total. The zero-order chi connectivity index (χ0) is 28.9. The molecule has 0 amide bonds. The molecule has 2 aromatic heterocycles. The average Bonchev–Trinajstić information content (AvgIpc) is 3.64. The number of hydrogen-bond donors (Lipinski definition) is 1. The first kappa shape index (κ1) is 25.8. The lowest BCUT2D eigenvalue weighted by Crippen LogP contribution is -2.60. The highest BCUT2D eigenvalue weighted by molar-refractivity contribution is 6.01. The van der Waals surface area contributed by atoms with Crippen molar-refractivity contribution in [1.29, 1.82) is 0 Å². The van der Waals surface area contributed by atoms with Gasteiger partial charge in [0.1, 0.15) is 47.6 Å². The maximum Gasteiger partial charge on any atom is 0.319 e. The zero-order valence-electron chi connectivity index (χ0n) is 23.5. The lowest BCUT2D eigenvalue weighted by atomic mass is 9.95. The van der Waals surface area contributed by atoms with Crippen LogP contribution < -0.4 is 19.7 Å². The quantitative estimate of drug-likeness (QED) is 0.365. The molecule has 7 heterocycles. The van der Waals surface area contributed by atoms with Crippen molar-refractivity contribution in [2.75, 3.05) is 37.7 Å².